The minimum Gasteiger partial charge on any atom is -0.484 e. The van der Waals surface area contributed by atoms with Gasteiger partial charge in [0.1, 0.15) is 11.6 Å². The zero-order valence-electron chi connectivity index (χ0n) is 14.8. The van der Waals surface area contributed by atoms with Gasteiger partial charge in [0.25, 0.3) is 5.91 Å². The van der Waals surface area contributed by atoms with Crippen molar-refractivity contribution in [1.29, 1.82) is 0 Å². The van der Waals surface area contributed by atoms with Gasteiger partial charge in [-0.25, -0.2) is 9.18 Å². The summed E-state index contributed by atoms with van der Waals surface area (Å²) in [5, 5.41) is 8.25. The smallest absolute Gasteiger partial charge is 0.319 e. The summed E-state index contributed by atoms with van der Waals surface area (Å²) in [6, 6.07) is 13.0. The van der Waals surface area contributed by atoms with Gasteiger partial charge in [-0.2, -0.15) is 0 Å². The van der Waals surface area contributed by atoms with Crippen molar-refractivity contribution in [2.45, 2.75) is 25.3 Å². The van der Waals surface area contributed by atoms with E-state index in [9.17, 15) is 14.0 Å². The van der Waals surface area contributed by atoms with Crippen LogP contribution in [0.4, 0.5) is 14.9 Å². The van der Waals surface area contributed by atoms with Crippen molar-refractivity contribution in [3.8, 4) is 5.75 Å². The zero-order chi connectivity index (χ0) is 19.1. The van der Waals surface area contributed by atoms with Gasteiger partial charge >= 0.3 is 6.03 Å². The molecule has 2 aromatic rings. The van der Waals surface area contributed by atoms with Crippen LogP contribution in [0.2, 0.25) is 0 Å². The molecule has 0 atom stereocenters. The Labute approximate surface area is 157 Å². The number of carbonyl (C=O) groups is 2. The Bertz CT molecular complexity index is 774. The molecule has 1 fully saturated rings. The Morgan fingerprint density at radius 1 is 1.04 bits per heavy atom. The third-order valence-electron chi connectivity index (χ3n) is 4.04. The van der Waals surface area contributed by atoms with E-state index in [1.165, 1.54) is 24.3 Å². The second-order valence-electron chi connectivity index (χ2n) is 6.41. The van der Waals surface area contributed by atoms with Crippen LogP contribution in [0.15, 0.2) is 48.5 Å². The van der Waals surface area contributed by atoms with Crippen molar-refractivity contribution < 1.29 is 18.7 Å². The lowest BCUT2D eigenvalue weighted by Gasteiger charge is -2.09. The highest BCUT2D eigenvalue weighted by molar-refractivity contribution is 5.89. The summed E-state index contributed by atoms with van der Waals surface area (Å²) in [5.74, 6) is 0.182. The predicted molar refractivity (Wildman–Crippen MR) is 100 cm³/mol. The first-order chi connectivity index (χ1) is 13.1. The standard InChI is InChI=1S/C20H22FN3O3/c21-15-3-5-17(6-4-15)24-20(26)22-12-11-14-1-9-18(10-2-14)27-13-19(25)23-16-7-8-16/h1-6,9-10,16H,7-8,11-13H2,(H,23,25)(H2,22,24,26). The van der Waals surface area contributed by atoms with Crippen LogP contribution in [0.1, 0.15) is 18.4 Å². The molecular formula is C20H22FN3O3. The average Bonchev–Trinajstić information content (AvgIpc) is 3.47. The fourth-order valence-electron chi connectivity index (χ4n) is 2.43. The Balaban J connectivity index is 1.34. The average molecular weight is 371 g/mol. The maximum atomic E-state index is 12.8. The van der Waals surface area contributed by atoms with Crippen LogP contribution in [-0.2, 0) is 11.2 Å². The third kappa shape index (κ3) is 6.62. The molecule has 1 saturated carbocycles. The van der Waals surface area contributed by atoms with Crippen molar-refractivity contribution in [3.63, 3.8) is 0 Å². The summed E-state index contributed by atoms with van der Waals surface area (Å²) < 4.78 is 18.3. The fraction of sp³-hybridized carbons (Fsp3) is 0.300. The molecule has 3 amide bonds. The van der Waals surface area contributed by atoms with E-state index in [-0.39, 0.29) is 24.4 Å². The SMILES string of the molecule is O=C(COc1ccc(CCNC(=O)Nc2ccc(F)cc2)cc1)NC1CC1. The summed E-state index contributed by atoms with van der Waals surface area (Å²) in [6.07, 6.45) is 2.76. The second kappa shape index (κ2) is 9.02. The van der Waals surface area contributed by atoms with Crippen molar-refractivity contribution in [2.24, 2.45) is 0 Å². The number of hydrogen-bond acceptors (Lipinski definition) is 3. The van der Waals surface area contributed by atoms with E-state index in [2.05, 4.69) is 16.0 Å². The molecule has 0 bridgehead atoms. The van der Waals surface area contributed by atoms with E-state index in [4.69, 9.17) is 4.74 Å². The Morgan fingerprint density at radius 2 is 1.74 bits per heavy atom. The topological polar surface area (TPSA) is 79.5 Å². The summed E-state index contributed by atoms with van der Waals surface area (Å²) in [4.78, 5) is 23.4. The van der Waals surface area contributed by atoms with Gasteiger partial charge < -0.3 is 20.7 Å². The van der Waals surface area contributed by atoms with Gasteiger partial charge in [0.05, 0.1) is 0 Å². The lowest BCUT2D eigenvalue weighted by Crippen LogP contribution is -2.30. The summed E-state index contributed by atoms with van der Waals surface area (Å²) >= 11 is 0. The third-order valence-corrected chi connectivity index (χ3v) is 4.04. The highest BCUT2D eigenvalue weighted by Crippen LogP contribution is 2.18. The molecule has 3 N–H and O–H groups in total. The molecule has 1 aliphatic carbocycles. The van der Waals surface area contributed by atoms with Gasteiger partial charge in [0.15, 0.2) is 6.61 Å². The van der Waals surface area contributed by atoms with Crippen LogP contribution >= 0.6 is 0 Å². The number of amides is 3. The molecule has 0 aliphatic heterocycles. The van der Waals surface area contributed by atoms with Gasteiger partial charge in [0.2, 0.25) is 0 Å². The minimum atomic E-state index is -0.350. The number of halogens is 1. The first-order valence-corrected chi connectivity index (χ1v) is 8.90. The largest absolute Gasteiger partial charge is 0.484 e. The van der Waals surface area contributed by atoms with Crippen LogP contribution in [0.25, 0.3) is 0 Å². The minimum absolute atomic E-state index is 0.0148. The van der Waals surface area contributed by atoms with Crippen molar-refractivity contribution in [3.05, 3.63) is 59.9 Å². The summed E-state index contributed by atoms with van der Waals surface area (Å²) in [6.45, 7) is 0.470. The summed E-state index contributed by atoms with van der Waals surface area (Å²) in [7, 11) is 0. The lowest BCUT2D eigenvalue weighted by atomic mass is 10.1. The van der Waals surface area contributed by atoms with E-state index in [1.807, 2.05) is 12.1 Å². The molecule has 6 nitrogen and oxygen atoms in total. The number of carbonyl (C=O) groups excluding carboxylic acids is 2. The van der Waals surface area contributed by atoms with Gasteiger partial charge in [-0.3, -0.25) is 4.79 Å². The molecule has 7 heteroatoms. The molecule has 0 unspecified atom stereocenters. The van der Waals surface area contributed by atoms with Crippen LogP contribution in [0.3, 0.4) is 0 Å². The van der Waals surface area contributed by atoms with E-state index >= 15 is 0 Å². The van der Waals surface area contributed by atoms with Gasteiger partial charge in [0, 0.05) is 18.3 Å². The fourth-order valence-corrected chi connectivity index (χ4v) is 2.43. The highest BCUT2D eigenvalue weighted by atomic mass is 19.1. The number of urea groups is 1. The Morgan fingerprint density at radius 3 is 2.41 bits per heavy atom. The number of nitrogens with one attached hydrogen (secondary N) is 3. The van der Waals surface area contributed by atoms with Crippen molar-refractivity contribution >= 4 is 17.6 Å². The van der Waals surface area contributed by atoms with E-state index in [0.717, 1.165) is 18.4 Å². The molecule has 0 heterocycles. The first-order valence-electron chi connectivity index (χ1n) is 8.90. The van der Waals surface area contributed by atoms with Crippen LogP contribution < -0.4 is 20.7 Å². The van der Waals surface area contributed by atoms with E-state index in [1.54, 1.807) is 12.1 Å². The predicted octanol–water partition coefficient (Wildman–Crippen LogP) is 2.85. The quantitative estimate of drug-likeness (QED) is 0.668. The molecule has 1 aliphatic rings. The molecule has 2 aromatic carbocycles. The maximum Gasteiger partial charge on any atom is 0.319 e. The lowest BCUT2D eigenvalue weighted by molar-refractivity contribution is -0.123. The van der Waals surface area contributed by atoms with Crippen LogP contribution in [0, 0.1) is 5.82 Å². The maximum absolute atomic E-state index is 12.8. The Hall–Kier alpha value is -3.09. The van der Waals surface area contributed by atoms with Crippen LogP contribution in [-0.4, -0.2) is 31.1 Å². The molecule has 3 rings (SSSR count). The van der Waals surface area contributed by atoms with Gasteiger partial charge in [-0.05, 0) is 61.2 Å². The molecule has 0 spiro atoms. The first kappa shape index (κ1) is 18.7. The molecule has 0 aromatic heterocycles. The number of anilines is 1. The van der Waals surface area contributed by atoms with E-state index in [0.29, 0.717) is 30.4 Å². The highest BCUT2D eigenvalue weighted by Gasteiger charge is 2.23. The number of ether oxygens (including phenoxy) is 1. The normalized spacial score (nSPS) is 12.9. The second-order valence-corrected chi connectivity index (χ2v) is 6.41. The Kier molecular flexibility index (Phi) is 6.25. The summed E-state index contributed by atoms with van der Waals surface area (Å²) in [5.41, 5.74) is 1.56. The molecule has 142 valence electrons. The van der Waals surface area contributed by atoms with Crippen molar-refractivity contribution in [2.75, 3.05) is 18.5 Å². The van der Waals surface area contributed by atoms with E-state index < -0.39 is 0 Å². The number of rotatable bonds is 8. The number of benzene rings is 2. The van der Waals surface area contributed by atoms with Gasteiger partial charge in [-0.1, -0.05) is 12.1 Å². The molecule has 0 saturated heterocycles. The van der Waals surface area contributed by atoms with Crippen molar-refractivity contribution in [1.82, 2.24) is 10.6 Å². The molecule has 27 heavy (non-hydrogen) atoms. The van der Waals surface area contributed by atoms with Crippen LogP contribution in [0.5, 0.6) is 5.75 Å². The van der Waals surface area contributed by atoms with Gasteiger partial charge in [-0.15, -0.1) is 0 Å². The zero-order valence-corrected chi connectivity index (χ0v) is 14.8. The monoisotopic (exact) mass is 371 g/mol. The molecule has 0 radical (unpaired) electrons. The number of hydrogen-bond donors (Lipinski definition) is 3. The molecular weight excluding hydrogens is 349 g/mol.